The van der Waals surface area contributed by atoms with E-state index in [0.717, 1.165) is 12.1 Å². The summed E-state index contributed by atoms with van der Waals surface area (Å²) in [7, 11) is 2.57. The molecule has 0 heterocycles. The van der Waals surface area contributed by atoms with Crippen LogP contribution in [-0.4, -0.2) is 26.3 Å². The molecule has 0 amide bonds. The van der Waals surface area contributed by atoms with Crippen LogP contribution in [0.3, 0.4) is 0 Å². The standard InChI is InChI=1S/C10H10F2O3/c1-14-10(15-2)9(13)6-3-4-7(11)8(12)5-6/h3-5,10H,1-2H3. The normalized spacial score (nSPS) is 10.7. The SMILES string of the molecule is COC(OC)C(=O)c1ccc(F)c(F)c1. The molecule has 1 aromatic carbocycles. The first-order valence-corrected chi connectivity index (χ1v) is 4.15. The summed E-state index contributed by atoms with van der Waals surface area (Å²) < 4.78 is 34.8. The van der Waals surface area contributed by atoms with Gasteiger partial charge in [0.2, 0.25) is 12.1 Å². The first-order valence-electron chi connectivity index (χ1n) is 4.15. The zero-order valence-corrected chi connectivity index (χ0v) is 8.29. The van der Waals surface area contributed by atoms with Gasteiger partial charge in [-0.25, -0.2) is 8.78 Å². The maximum atomic E-state index is 12.8. The minimum atomic E-state index is -1.10. The van der Waals surface area contributed by atoms with E-state index in [0.29, 0.717) is 0 Å². The molecule has 82 valence electrons. The highest BCUT2D eigenvalue weighted by Gasteiger charge is 2.19. The van der Waals surface area contributed by atoms with E-state index in [4.69, 9.17) is 9.47 Å². The van der Waals surface area contributed by atoms with E-state index in [2.05, 4.69) is 0 Å². The summed E-state index contributed by atoms with van der Waals surface area (Å²) in [6.07, 6.45) is -1.10. The van der Waals surface area contributed by atoms with E-state index in [1.165, 1.54) is 20.3 Å². The third kappa shape index (κ3) is 2.57. The third-order valence-corrected chi connectivity index (χ3v) is 1.85. The number of hydrogen-bond donors (Lipinski definition) is 0. The number of ketones is 1. The van der Waals surface area contributed by atoms with E-state index >= 15 is 0 Å². The topological polar surface area (TPSA) is 35.5 Å². The van der Waals surface area contributed by atoms with Crippen molar-refractivity contribution in [3.05, 3.63) is 35.4 Å². The molecule has 0 atom stereocenters. The molecule has 3 nitrogen and oxygen atoms in total. The van der Waals surface area contributed by atoms with Crippen molar-refractivity contribution in [3.63, 3.8) is 0 Å². The number of carbonyl (C=O) groups excluding carboxylic acids is 1. The third-order valence-electron chi connectivity index (χ3n) is 1.85. The monoisotopic (exact) mass is 216 g/mol. The predicted molar refractivity (Wildman–Crippen MR) is 48.5 cm³/mol. The average Bonchev–Trinajstić information content (AvgIpc) is 2.23. The van der Waals surface area contributed by atoms with Gasteiger partial charge >= 0.3 is 0 Å². The van der Waals surface area contributed by atoms with Gasteiger partial charge in [-0.3, -0.25) is 4.79 Å². The Morgan fingerprint density at radius 1 is 1.20 bits per heavy atom. The zero-order valence-electron chi connectivity index (χ0n) is 8.29. The summed E-state index contributed by atoms with van der Waals surface area (Å²) >= 11 is 0. The number of halogens is 2. The van der Waals surface area contributed by atoms with Crippen LogP contribution in [0.5, 0.6) is 0 Å². The van der Waals surface area contributed by atoms with Crippen molar-refractivity contribution in [1.82, 2.24) is 0 Å². The maximum absolute atomic E-state index is 12.8. The highest BCUT2D eigenvalue weighted by molar-refractivity contribution is 5.98. The van der Waals surface area contributed by atoms with Crippen molar-refractivity contribution in [2.24, 2.45) is 0 Å². The molecule has 0 aliphatic carbocycles. The molecule has 0 aliphatic rings. The average molecular weight is 216 g/mol. The van der Waals surface area contributed by atoms with Crippen LogP contribution in [0, 0.1) is 11.6 Å². The molecule has 0 aromatic heterocycles. The van der Waals surface area contributed by atoms with Crippen LogP contribution in [0.2, 0.25) is 0 Å². The predicted octanol–water partition coefficient (Wildman–Crippen LogP) is 1.77. The lowest BCUT2D eigenvalue weighted by molar-refractivity contribution is -0.0742. The number of methoxy groups -OCH3 is 2. The van der Waals surface area contributed by atoms with Gasteiger partial charge in [-0.2, -0.15) is 0 Å². The highest BCUT2D eigenvalue weighted by atomic mass is 19.2. The Kier molecular flexibility index (Phi) is 3.88. The second kappa shape index (κ2) is 4.95. The quantitative estimate of drug-likeness (QED) is 0.568. The summed E-state index contributed by atoms with van der Waals surface area (Å²) in [6.45, 7) is 0. The minimum Gasteiger partial charge on any atom is -0.349 e. The van der Waals surface area contributed by atoms with Gasteiger partial charge in [0.05, 0.1) is 0 Å². The molecule has 1 rings (SSSR count). The lowest BCUT2D eigenvalue weighted by Crippen LogP contribution is -2.25. The highest BCUT2D eigenvalue weighted by Crippen LogP contribution is 2.11. The van der Waals surface area contributed by atoms with Gasteiger partial charge in [-0.15, -0.1) is 0 Å². The number of Topliss-reactive ketones (excluding diaryl/α,β-unsaturated/α-hetero) is 1. The summed E-state index contributed by atoms with van der Waals surface area (Å²) in [5.74, 6) is -2.64. The Morgan fingerprint density at radius 3 is 2.27 bits per heavy atom. The van der Waals surface area contributed by atoms with Crippen molar-refractivity contribution in [1.29, 1.82) is 0 Å². The van der Waals surface area contributed by atoms with Crippen LogP contribution in [-0.2, 0) is 9.47 Å². The first-order chi connectivity index (χ1) is 7.10. The van der Waals surface area contributed by atoms with Crippen molar-refractivity contribution in [3.8, 4) is 0 Å². The molecule has 0 saturated heterocycles. The number of carbonyl (C=O) groups is 1. The van der Waals surface area contributed by atoms with Gasteiger partial charge < -0.3 is 9.47 Å². The van der Waals surface area contributed by atoms with E-state index in [9.17, 15) is 13.6 Å². The molecule has 0 N–H and O–H groups in total. The van der Waals surface area contributed by atoms with Crippen LogP contribution in [0.15, 0.2) is 18.2 Å². The Labute approximate surface area is 85.6 Å². The van der Waals surface area contributed by atoms with E-state index in [1.54, 1.807) is 0 Å². The van der Waals surface area contributed by atoms with E-state index in [-0.39, 0.29) is 5.56 Å². The van der Waals surface area contributed by atoms with Crippen LogP contribution in [0.1, 0.15) is 10.4 Å². The molecule has 0 saturated carbocycles. The molecule has 0 aliphatic heterocycles. The first kappa shape index (κ1) is 11.7. The molecule has 5 heteroatoms. The molecule has 0 spiro atoms. The van der Waals surface area contributed by atoms with Gasteiger partial charge in [-0.1, -0.05) is 0 Å². The fourth-order valence-corrected chi connectivity index (χ4v) is 1.10. The fraction of sp³-hybridized carbons (Fsp3) is 0.300. The maximum Gasteiger partial charge on any atom is 0.222 e. The van der Waals surface area contributed by atoms with Crippen molar-refractivity contribution >= 4 is 5.78 Å². The molecule has 0 radical (unpaired) electrons. The second-order valence-corrected chi connectivity index (χ2v) is 2.80. The molecule has 0 bridgehead atoms. The van der Waals surface area contributed by atoms with Crippen LogP contribution in [0.4, 0.5) is 8.78 Å². The molecule has 0 fully saturated rings. The van der Waals surface area contributed by atoms with Gasteiger partial charge in [0, 0.05) is 19.8 Å². The van der Waals surface area contributed by atoms with Crippen molar-refractivity contribution in [2.45, 2.75) is 6.29 Å². The van der Waals surface area contributed by atoms with Gasteiger partial charge in [-0.05, 0) is 18.2 Å². The van der Waals surface area contributed by atoms with Gasteiger partial charge in [0.25, 0.3) is 0 Å². The molecular weight excluding hydrogens is 206 g/mol. The number of ether oxygens (including phenoxy) is 2. The number of rotatable bonds is 4. The zero-order chi connectivity index (χ0) is 11.4. The second-order valence-electron chi connectivity index (χ2n) is 2.80. The van der Waals surface area contributed by atoms with E-state index < -0.39 is 23.7 Å². The summed E-state index contributed by atoms with van der Waals surface area (Å²) in [4.78, 5) is 11.5. The van der Waals surface area contributed by atoms with E-state index in [1.807, 2.05) is 0 Å². The van der Waals surface area contributed by atoms with Crippen molar-refractivity contribution in [2.75, 3.05) is 14.2 Å². The Morgan fingerprint density at radius 2 is 1.80 bits per heavy atom. The lowest BCUT2D eigenvalue weighted by Gasteiger charge is -2.11. The summed E-state index contributed by atoms with van der Waals surface area (Å²) in [5.41, 5.74) is 0.00241. The molecule has 1 aromatic rings. The number of hydrogen-bond acceptors (Lipinski definition) is 3. The minimum absolute atomic E-state index is 0.00241. The number of benzene rings is 1. The summed E-state index contributed by atoms with van der Waals surface area (Å²) in [6, 6.07) is 2.86. The largest absolute Gasteiger partial charge is 0.349 e. The smallest absolute Gasteiger partial charge is 0.222 e. The molecule has 15 heavy (non-hydrogen) atoms. The molecular formula is C10H10F2O3. The Balaban J connectivity index is 2.96. The van der Waals surface area contributed by atoms with Crippen LogP contribution < -0.4 is 0 Å². The fourth-order valence-electron chi connectivity index (χ4n) is 1.10. The van der Waals surface area contributed by atoms with Crippen molar-refractivity contribution < 1.29 is 23.0 Å². The van der Waals surface area contributed by atoms with Gasteiger partial charge in [0.1, 0.15) is 0 Å². The Bertz CT molecular complexity index is 362. The molecule has 0 unspecified atom stereocenters. The van der Waals surface area contributed by atoms with Gasteiger partial charge in [0.15, 0.2) is 11.6 Å². The van der Waals surface area contributed by atoms with Crippen LogP contribution in [0.25, 0.3) is 0 Å². The Hall–Kier alpha value is -1.33. The lowest BCUT2D eigenvalue weighted by atomic mass is 10.1. The summed E-state index contributed by atoms with van der Waals surface area (Å²) in [5, 5.41) is 0. The van der Waals surface area contributed by atoms with Crippen LogP contribution >= 0.6 is 0 Å².